The molecule has 1 amide bonds. The van der Waals surface area contributed by atoms with Crippen LogP contribution in [0.25, 0.3) is 0 Å². The molecule has 2 rings (SSSR count). The second-order valence-electron chi connectivity index (χ2n) is 5.10. The molecule has 0 radical (unpaired) electrons. The Morgan fingerprint density at radius 1 is 1.14 bits per heavy atom. The monoisotopic (exact) mass is 286 g/mol. The molecule has 110 valence electrons. The van der Waals surface area contributed by atoms with E-state index in [0.717, 1.165) is 5.56 Å². The molecule has 0 aliphatic carbocycles. The average molecular weight is 286 g/mol. The Bertz CT molecular complexity index is 615. The van der Waals surface area contributed by atoms with Crippen LogP contribution in [0, 0.1) is 11.7 Å². The summed E-state index contributed by atoms with van der Waals surface area (Å²) in [6, 6.07) is 15.0. The smallest absolute Gasteiger partial charge is 0.231 e. The van der Waals surface area contributed by atoms with Gasteiger partial charge in [0.15, 0.2) is 0 Å². The molecule has 0 saturated heterocycles. The number of amides is 1. The first-order chi connectivity index (χ1) is 10.0. The maximum absolute atomic E-state index is 13.3. The van der Waals surface area contributed by atoms with Crippen LogP contribution in [0.3, 0.4) is 0 Å². The van der Waals surface area contributed by atoms with Crippen molar-refractivity contribution in [2.24, 2.45) is 11.7 Å². The first-order valence-electron chi connectivity index (χ1n) is 6.84. The Morgan fingerprint density at radius 2 is 1.81 bits per heavy atom. The van der Waals surface area contributed by atoms with Gasteiger partial charge in [-0.25, -0.2) is 4.39 Å². The Labute approximate surface area is 124 Å². The molecule has 0 saturated carbocycles. The second-order valence-corrected chi connectivity index (χ2v) is 5.10. The van der Waals surface area contributed by atoms with Crippen molar-refractivity contribution >= 4 is 11.6 Å². The average Bonchev–Trinajstić information content (AvgIpc) is 2.53. The number of carbonyl (C=O) groups is 1. The first-order valence-corrected chi connectivity index (χ1v) is 6.84. The summed E-state index contributed by atoms with van der Waals surface area (Å²) < 4.78 is 13.3. The standard InChI is InChI=1S/C17H19FN2O/c1-12(16(19)13-7-4-3-5-8-13)17(21)20(2)15-10-6-9-14(18)11-15/h3-12,16H,19H2,1-2H3. The lowest BCUT2D eigenvalue weighted by molar-refractivity contribution is -0.122. The molecule has 0 aromatic heterocycles. The van der Waals surface area contributed by atoms with Crippen molar-refractivity contribution in [2.45, 2.75) is 13.0 Å². The van der Waals surface area contributed by atoms with Crippen LogP contribution in [0.1, 0.15) is 18.5 Å². The molecule has 2 N–H and O–H groups in total. The maximum Gasteiger partial charge on any atom is 0.231 e. The summed E-state index contributed by atoms with van der Waals surface area (Å²) in [6.45, 7) is 1.79. The molecular weight excluding hydrogens is 267 g/mol. The molecule has 21 heavy (non-hydrogen) atoms. The predicted octanol–water partition coefficient (Wildman–Crippen LogP) is 3.12. The van der Waals surface area contributed by atoms with Gasteiger partial charge in [0.2, 0.25) is 5.91 Å². The topological polar surface area (TPSA) is 46.3 Å². The highest BCUT2D eigenvalue weighted by Gasteiger charge is 2.25. The number of hydrogen-bond acceptors (Lipinski definition) is 2. The van der Waals surface area contributed by atoms with Crippen LogP contribution in [-0.4, -0.2) is 13.0 Å². The zero-order valence-corrected chi connectivity index (χ0v) is 12.2. The minimum Gasteiger partial charge on any atom is -0.323 e. The van der Waals surface area contributed by atoms with Gasteiger partial charge in [0.1, 0.15) is 5.82 Å². The fourth-order valence-corrected chi connectivity index (χ4v) is 2.23. The van der Waals surface area contributed by atoms with Crippen molar-refractivity contribution in [3.05, 3.63) is 66.0 Å². The van der Waals surface area contributed by atoms with E-state index in [0.29, 0.717) is 5.69 Å². The van der Waals surface area contributed by atoms with Gasteiger partial charge in [-0.3, -0.25) is 4.79 Å². The summed E-state index contributed by atoms with van der Waals surface area (Å²) in [7, 11) is 1.63. The number of rotatable bonds is 4. The number of nitrogens with two attached hydrogens (primary N) is 1. The summed E-state index contributed by atoms with van der Waals surface area (Å²) in [5.41, 5.74) is 7.59. The first kappa shape index (κ1) is 15.2. The van der Waals surface area contributed by atoms with Gasteiger partial charge in [0.25, 0.3) is 0 Å². The molecule has 4 heteroatoms. The maximum atomic E-state index is 13.3. The van der Waals surface area contributed by atoms with E-state index in [1.807, 2.05) is 30.3 Å². The fourth-order valence-electron chi connectivity index (χ4n) is 2.23. The van der Waals surface area contributed by atoms with Crippen LogP contribution in [0.2, 0.25) is 0 Å². The molecular formula is C17H19FN2O. The van der Waals surface area contributed by atoms with Gasteiger partial charge in [-0.05, 0) is 23.8 Å². The number of carbonyl (C=O) groups excluding carboxylic acids is 1. The van der Waals surface area contributed by atoms with E-state index >= 15 is 0 Å². The lowest BCUT2D eigenvalue weighted by Gasteiger charge is -2.25. The summed E-state index contributed by atoms with van der Waals surface area (Å²) in [5.74, 6) is -0.912. The Morgan fingerprint density at radius 3 is 2.43 bits per heavy atom. The van der Waals surface area contributed by atoms with E-state index in [9.17, 15) is 9.18 Å². The SMILES string of the molecule is CC(C(=O)N(C)c1cccc(F)c1)C(N)c1ccccc1. The van der Waals surface area contributed by atoms with E-state index in [1.54, 1.807) is 26.1 Å². The van der Waals surface area contributed by atoms with Crippen molar-refractivity contribution in [1.82, 2.24) is 0 Å². The van der Waals surface area contributed by atoms with Crippen LogP contribution in [-0.2, 0) is 4.79 Å². The largest absolute Gasteiger partial charge is 0.323 e. The number of hydrogen-bond donors (Lipinski definition) is 1. The van der Waals surface area contributed by atoms with Gasteiger partial charge in [0.05, 0.1) is 5.92 Å². The minimum absolute atomic E-state index is 0.142. The van der Waals surface area contributed by atoms with E-state index in [4.69, 9.17) is 5.73 Å². The molecule has 0 bridgehead atoms. The van der Waals surface area contributed by atoms with Gasteiger partial charge in [-0.1, -0.05) is 43.3 Å². The van der Waals surface area contributed by atoms with Crippen LogP contribution >= 0.6 is 0 Å². The van der Waals surface area contributed by atoms with Gasteiger partial charge in [0, 0.05) is 18.8 Å². The molecule has 2 atom stereocenters. The third kappa shape index (κ3) is 3.47. The predicted molar refractivity (Wildman–Crippen MR) is 82.3 cm³/mol. The third-order valence-electron chi connectivity index (χ3n) is 3.64. The number of nitrogens with zero attached hydrogens (tertiary/aromatic N) is 1. The third-order valence-corrected chi connectivity index (χ3v) is 3.64. The normalized spacial score (nSPS) is 13.5. The second kappa shape index (κ2) is 6.50. The molecule has 0 heterocycles. The van der Waals surface area contributed by atoms with Crippen molar-refractivity contribution in [3.63, 3.8) is 0 Å². The quantitative estimate of drug-likeness (QED) is 0.938. The lowest BCUT2D eigenvalue weighted by atomic mass is 9.94. The Hall–Kier alpha value is -2.20. The highest BCUT2D eigenvalue weighted by atomic mass is 19.1. The van der Waals surface area contributed by atoms with Crippen molar-refractivity contribution in [3.8, 4) is 0 Å². The van der Waals surface area contributed by atoms with Crippen molar-refractivity contribution < 1.29 is 9.18 Å². The molecule has 2 unspecified atom stereocenters. The molecule has 3 nitrogen and oxygen atoms in total. The Kier molecular flexibility index (Phi) is 4.70. The molecule has 0 aliphatic heterocycles. The number of anilines is 1. The molecule has 0 fully saturated rings. The van der Waals surface area contributed by atoms with Crippen LogP contribution in [0.4, 0.5) is 10.1 Å². The Balaban J connectivity index is 2.15. The van der Waals surface area contributed by atoms with Gasteiger partial charge in [-0.15, -0.1) is 0 Å². The van der Waals surface area contributed by atoms with Gasteiger partial charge >= 0.3 is 0 Å². The highest BCUT2D eigenvalue weighted by Crippen LogP contribution is 2.23. The van der Waals surface area contributed by atoms with Gasteiger partial charge < -0.3 is 10.6 Å². The summed E-state index contributed by atoms with van der Waals surface area (Å²) in [5, 5.41) is 0. The van der Waals surface area contributed by atoms with Gasteiger partial charge in [-0.2, -0.15) is 0 Å². The summed E-state index contributed by atoms with van der Waals surface area (Å²) in [6.07, 6.45) is 0. The molecule has 2 aromatic carbocycles. The minimum atomic E-state index is -0.402. The lowest BCUT2D eigenvalue weighted by Crippen LogP contribution is -2.37. The number of benzene rings is 2. The van der Waals surface area contributed by atoms with Crippen LogP contribution in [0.15, 0.2) is 54.6 Å². The van der Waals surface area contributed by atoms with E-state index < -0.39 is 12.0 Å². The fraction of sp³-hybridized carbons (Fsp3) is 0.235. The zero-order chi connectivity index (χ0) is 15.4. The molecule has 0 aliphatic rings. The van der Waals surface area contributed by atoms with Crippen LogP contribution in [0.5, 0.6) is 0 Å². The number of halogens is 1. The highest BCUT2D eigenvalue weighted by molar-refractivity contribution is 5.94. The van der Waals surface area contributed by atoms with Crippen molar-refractivity contribution in [1.29, 1.82) is 0 Å². The van der Waals surface area contributed by atoms with Crippen molar-refractivity contribution in [2.75, 3.05) is 11.9 Å². The van der Waals surface area contributed by atoms with E-state index in [-0.39, 0.29) is 11.7 Å². The molecule has 2 aromatic rings. The summed E-state index contributed by atoms with van der Waals surface area (Å²) >= 11 is 0. The zero-order valence-electron chi connectivity index (χ0n) is 12.2. The van der Waals surface area contributed by atoms with Crippen LogP contribution < -0.4 is 10.6 Å². The van der Waals surface area contributed by atoms with E-state index in [1.165, 1.54) is 17.0 Å². The summed E-state index contributed by atoms with van der Waals surface area (Å²) in [4.78, 5) is 13.9. The van der Waals surface area contributed by atoms with E-state index in [2.05, 4.69) is 0 Å². The molecule has 0 spiro atoms.